The number of ether oxygens (including phenoxy) is 1. The molecule has 0 bridgehead atoms. The standard InChI is InChI=1S/C25H35N2O4P/c1-4-7-19-30-32(28,31-20-8-5-2)21-24(29-6-3)27-25(22-15-11-9-12-16-22)26-23-17-13-10-14-18-23/h9-18H,4-8,19-21H2,1-3H3. The number of hydrogen-bond acceptors (Lipinski definition) is 5. The number of aliphatic imine (C=N–C) groups is 2. The summed E-state index contributed by atoms with van der Waals surface area (Å²) in [5.41, 5.74) is 1.61. The molecule has 6 nitrogen and oxygen atoms in total. The molecule has 0 radical (unpaired) electrons. The van der Waals surface area contributed by atoms with Crippen LogP contribution in [0.5, 0.6) is 0 Å². The Hall–Kier alpha value is -2.27. The lowest BCUT2D eigenvalue weighted by Gasteiger charge is -2.19. The summed E-state index contributed by atoms with van der Waals surface area (Å²) in [6, 6.07) is 19.3. The Morgan fingerprint density at radius 1 is 0.844 bits per heavy atom. The maximum Gasteiger partial charge on any atom is 0.339 e. The summed E-state index contributed by atoms with van der Waals surface area (Å²) in [7, 11) is -3.41. The molecular weight excluding hydrogens is 423 g/mol. The van der Waals surface area contributed by atoms with Gasteiger partial charge in [0.15, 0.2) is 5.84 Å². The van der Waals surface area contributed by atoms with Crippen LogP contribution in [0.25, 0.3) is 0 Å². The van der Waals surface area contributed by atoms with Crippen LogP contribution in [0.3, 0.4) is 0 Å². The molecule has 32 heavy (non-hydrogen) atoms. The van der Waals surface area contributed by atoms with E-state index in [1.807, 2.05) is 67.6 Å². The topological polar surface area (TPSA) is 69.5 Å². The first-order chi connectivity index (χ1) is 15.6. The van der Waals surface area contributed by atoms with Crippen molar-refractivity contribution in [2.75, 3.05) is 26.0 Å². The predicted octanol–water partition coefficient (Wildman–Crippen LogP) is 7.03. The monoisotopic (exact) mass is 458 g/mol. The Morgan fingerprint density at radius 2 is 1.41 bits per heavy atom. The normalized spacial score (nSPS) is 12.7. The quantitative estimate of drug-likeness (QED) is 0.140. The Labute approximate surface area is 192 Å². The molecule has 2 aromatic carbocycles. The van der Waals surface area contributed by atoms with E-state index in [0.29, 0.717) is 31.6 Å². The third-order valence-electron chi connectivity index (χ3n) is 4.47. The van der Waals surface area contributed by atoms with Crippen LogP contribution in [-0.2, 0) is 18.3 Å². The SMILES string of the molecule is CCCCOP(=O)(CC(=NC(=Nc1ccccc1)c1ccccc1)OCC)OCCCC. The van der Waals surface area contributed by atoms with Crippen LogP contribution in [-0.4, -0.2) is 37.7 Å². The molecule has 0 unspecified atom stereocenters. The van der Waals surface area contributed by atoms with Crippen LogP contribution in [0, 0.1) is 0 Å². The number of unbranched alkanes of at least 4 members (excludes halogenated alkanes) is 2. The summed E-state index contributed by atoms with van der Waals surface area (Å²) >= 11 is 0. The molecule has 0 N–H and O–H groups in total. The number of nitrogens with zero attached hydrogens (tertiary/aromatic N) is 2. The second-order valence-corrected chi connectivity index (χ2v) is 9.27. The van der Waals surface area contributed by atoms with Crippen LogP contribution in [0.2, 0.25) is 0 Å². The first kappa shape index (κ1) is 26.0. The van der Waals surface area contributed by atoms with Gasteiger partial charge in [-0.05, 0) is 31.9 Å². The van der Waals surface area contributed by atoms with Gasteiger partial charge in [-0.25, -0.2) is 4.99 Å². The molecule has 0 aliphatic rings. The van der Waals surface area contributed by atoms with Crippen molar-refractivity contribution >= 4 is 25.0 Å². The summed E-state index contributed by atoms with van der Waals surface area (Å²) in [6.07, 6.45) is 3.49. The van der Waals surface area contributed by atoms with Crippen LogP contribution in [0.4, 0.5) is 5.69 Å². The highest BCUT2D eigenvalue weighted by Gasteiger charge is 2.28. The maximum atomic E-state index is 13.5. The zero-order valence-corrected chi connectivity index (χ0v) is 20.3. The van der Waals surface area contributed by atoms with E-state index in [1.54, 1.807) is 0 Å². The van der Waals surface area contributed by atoms with Gasteiger partial charge < -0.3 is 13.8 Å². The molecule has 0 saturated heterocycles. The van der Waals surface area contributed by atoms with Gasteiger partial charge in [-0.1, -0.05) is 75.2 Å². The summed E-state index contributed by atoms with van der Waals surface area (Å²) in [5.74, 6) is 0.774. The van der Waals surface area contributed by atoms with Gasteiger partial charge in [0.25, 0.3) is 0 Å². The van der Waals surface area contributed by atoms with E-state index in [9.17, 15) is 4.57 Å². The summed E-state index contributed by atoms with van der Waals surface area (Å²) in [5, 5.41) is 0. The Morgan fingerprint density at radius 3 is 1.94 bits per heavy atom. The highest BCUT2D eigenvalue weighted by atomic mass is 31.2. The Balaban J connectivity index is 2.38. The fraction of sp³-hybridized carbons (Fsp3) is 0.440. The van der Waals surface area contributed by atoms with Gasteiger partial charge in [-0.3, -0.25) is 4.57 Å². The van der Waals surface area contributed by atoms with Gasteiger partial charge in [-0.15, -0.1) is 0 Å². The number of para-hydroxylation sites is 1. The average Bonchev–Trinajstić information content (AvgIpc) is 2.80. The van der Waals surface area contributed by atoms with E-state index in [0.717, 1.165) is 36.9 Å². The Bertz CT molecular complexity index is 871. The van der Waals surface area contributed by atoms with Gasteiger partial charge in [0.05, 0.1) is 25.5 Å². The molecule has 0 aliphatic heterocycles. The molecule has 0 saturated carbocycles. The molecular formula is C25H35N2O4P. The fourth-order valence-corrected chi connectivity index (χ4v) is 4.32. The third kappa shape index (κ3) is 9.47. The molecule has 0 atom stereocenters. The zero-order valence-electron chi connectivity index (χ0n) is 19.4. The highest BCUT2D eigenvalue weighted by molar-refractivity contribution is 7.54. The number of benzene rings is 2. The second-order valence-electron chi connectivity index (χ2n) is 7.22. The van der Waals surface area contributed by atoms with Gasteiger partial charge in [-0.2, -0.15) is 4.99 Å². The third-order valence-corrected chi connectivity index (χ3v) is 6.28. The summed E-state index contributed by atoms with van der Waals surface area (Å²) in [4.78, 5) is 9.39. The molecule has 174 valence electrons. The molecule has 0 amide bonds. The number of amidine groups is 1. The van der Waals surface area contributed by atoms with Gasteiger partial charge in [0, 0.05) is 5.56 Å². The minimum Gasteiger partial charge on any atom is -0.481 e. The molecule has 7 heteroatoms. The van der Waals surface area contributed by atoms with Crippen molar-refractivity contribution in [3.05, 3.63) is 66.2 Å². The first-order valence-corrected chi connectivity index (χ1v) is 13.1. The molecule has 0 aliphatic carbocycles. The molecule has 0 spiro atoms. The van der Waals surface area contributed by atoms with Crippen molar-refractivity contribution in [1.82, 2.24) is 0 Å². The number of rotatable bonds is 13. The lowest BCUT2D eigenvalue weighted by atomic mass is 10.2. The van der Waals surface area contributed by atoms with Crippen LogP contribution in [0.1, 0.15) is 52.0 Å². The molecule has 0 aromatic heterocycles. The van der Waals surface area contributed by atoms with E-state index in [2.05, 4.69) is 18.8 Å². The van der Waals surface area contributed by atoms with E-state index < -0.39 is 7.60 Å². The molecule has 0 heterocycles. The van der Waals surface area contributed by atoms with Crippen molar-refractivity contribution in [2.24, 2.45) is 9.98 Å². The van der Waals surface area contributed by atoms with Gasteiger partial charge in [0.2, 0.25) is 5.90 Å². The maximum absolute atomic E-state index is 13.5. The van der Waals surface area contributed by atoms with Gasteiger partial charge >= 0.3 is 7.60 Å². The van der Waals surface area contributed by atoms with Crippen molar-refractivity contribution in [1.29, 1.82) is 0 Å². The van der Waals surface area contributed by atoms with Crippen molar-refractivity contribution in [3.8, 4) is 0 Å². The average molecular weight is 459 g/mol. The minimum absolute atomic E-state index is 0.0328. The van der Waals surface area contributed by atoms with Gasteiger partial charge in [0.1, 0.15) is 6.16 Å². The predicted molar refractivity (Wildman–Crippen MR) is 132 cm³/mol. The second kappa shape index (κ2) is 14.7. The lowest BCUT2D eigenvalue weighted by Crippen LogP contribution is -2.16. The van der Waals surface area contributed by atoms with Crippen LogP contribution < -0.4 is 0 Å². The Kier molecular flexibility index (Phi) is 12.0. The zero-order chi connectivity index (χ0) is 23.1. The van der Waals surface area contributed by atoms with E-state index in [1.165, 1.54) is 0 Å². The fourth-order valence-electron chi connectivity index (χ4n) is 2.75. The van der Waals surface area contributed by atoms with Crippen molar-refractivity contribution in [3.63, 3.8) is 0 Å². The van der Waals surface area contributed by atoms with Crippen molar-refractivity contribution < 1.29 is 18.3 Å². The largest absolute Gasteiger partial charge is 0.481 e. The molecule has 2 rings (SSSR count). The van der Waals surface area contributed by atoms with Crippen molar-refractivity contribution in [2.45, 2.75) is 46.5 Å². The molecule has 2 aromatic rings. The minimum atomic E-state index is -3.41. The van der Waals surface area contributed by atoms with Crippen LogP contribution in [0.15, 0.2) is 70.6 Å². The van der Waals surface area contributed by atoms with E-state index >= 15 is 0 Å². The summed E-state index contributed by atoms with van der Waals surface area (Å²) < 4.78 is 30.7. The van der Waals surface area contributed by atoms with E-state index in [4.69, 9.17) is 18.8 Å². The smallest absolute Gasteiger partial charge is 0.339 e. The number of hydrogen-bond donors (Lipinski definition) is 0. The highest BCUT2D eigenvalue weighted by Crippen LogP contribution is 2.48. The summed E-state index contributed by atoms with van der Waals surface area (Å²) in [6.45, 7) is 7.13. The first-order valence-electron chi connectivity index (χ1n) is 11.4. The molecule has 0 fully saturated rings. The lowest BCUT2D eigenvalue weighted by molar-refractivity contribution is 0.200. The van der Waals surface area contributed by atoms with E-state index in [-0.39, 0.29) is 6.16 Å². The van der Waals surface area contributed by atoms with Crippen LogP contribution >= 0.6 is 7.60 Å².